The number of hydrogen-bond acceptors (Lipinski definition) is 6. The monoisotopic (exact) mass is 314 g/mol. The van der Waals surface area contributed by atoms with Gasteiger partial charge in [-0.15, -0.1) is 0 Å². The van der Waals surface area contributed by atoms with Crippen molar-refractivity contribution >= 4 is 34.5 Å². The molecule has 19 heavy (non-hydrogen) atoms. The molecule has 0 amide bonds. The fraction of sp³-hybridized carbons (Fsp3) is 0.800. The van der Waals surface area contributed by atoms with Crippen LogP contribution in [0.3, 0.4) is 0 Å². The van der Waals surface area contributed by atoms with Crippen LogP contribution in [0.25, 0.3) is 0 Å². The lowest BCUT2D eigenvalue weighted by molar-refractivity contribution is -0.138. The van der Waals surface area contributed by atoms with Crippen LogP contribution < -0.4 is 11.5 Å². The van der Waals surface area contributed by atoms with Crippen LogP contribution in [0, 0.1) is 0 Å². The van der Waals surface area contributed by atoms with Gasteiger partial charge < -0.3 is 21.7 Å². The second-order valence-electron chi connectivity index (χ2n) is 3.44. The molecule has 114 valence electrons. The lowest BCUT2D eigenvalue weighted by Gasteiger charge is -2.02. The van der Waals surface area contributed by atoms with Crippen LogP contribution >= 0.6 is 11.8 Å². The molecule has 0 aromatic carbocycles. The van der Waals surface area contributed by atoms with Gasteiger partial charge in [0, 0.05) is 28.1 Å². The Labute approximate surface area is 119 Å². The van der Waals surface area contributed by atoms with Gasteiger partial charge in [0.1, 0.15) is 12.1 Å². The molecule has 9 heteroatoms. The van der Waals surface area contributed by atoms with E-state index in [9.17, 15) is 13.8 Å². The summed E-state index contributed by atoms with van der Waals surface area (Å²) in [4.78, 5) is 20.2. The van der Waals surface area contributed by atoms with Gasteiger partial charge in [-0.3, -0.25) is 13.8 Å². The van der Waals surface area contributed by atoms with Gasteiger partial charge in [-0.1, -0.05) is 13.8 Å². The van der Waals surface area contributed by atoms with E-state index in [1.807, 2.05) is 6.92 Å². The smallest absolute Gasteiger partial charge is 0.321 e. The van der Waals surface area contributed by atoms with Crippen molar-refractivity contribution in [2.24, 2.45) is 11.5 Å². The van der Waals surface area contributed by atoms with E-state index >= 15 is 0 Å². The summed E-state index contributed by atoms with van der Waals surface area (Å²) in [6.07, 6.45) is 0. The minimum Gasteiger partial charge on any atom is -0.480 e. The number of aliphatic carboxylic acids is 2. The highest BCUT2D eigenvalue weighted by Crippen LogP contribution is 1.99. The molecule has 0 aliphatic carbocycles. The summed E-state index contributed by atoms with van der Waals surface area (Å²) in [5.74, 6) is -0.0858. The average Bonchev–Trinajstić information content (AvgIpc) is 2.35. The molecule has 3 atom stereocenters. The second kappa shape index (κ2) is 12.4. The van der Waals surface area contributed by atoms with Gasteiger partial charge in [-0.25, -0.2) is 0 Å². The molecule has 0 saturated heterocycles. The van der Waals surface area contributed by atoms with Crippen molar-refractivity contribution in [2.45, 2.75) is 25.9 Å². The van der Waals surface area contributed by atoms with E-state index in [1.54, 1.807) is 6.92 Å². The summed E-state index contributed by atoms with van der Waals surface area (Å²) < 4.78 is 10.7. The molecule has 0 aromatic heterocycles. The van der Waals surface area contributed by atoms with Crippen LogP contribution in [0.15, 0.2) is 0 Å². The summed E-state index contributed by atoms with van der Waals surface area (Å²) in [5, 5.41) is 16.5. The topological polar surface area (TPSA) is 144 Å². The number of rotatable bonds is 8. The molecular weight excluding hydrogens is 292 g/mol. The Bertz CT molecular complexity index is 302. The summed E-state index contributed by atoms with van der Waals surface area (Å²) in [6, 6.07) is -1.68. The zero-order valence-electron chi connectivity index (χ0n) is 11.1. The van der Waals surface area contributed by atoms with Crippen LogP contribution in [-0.2, 0) is 20.4 Å². The Morgan fingerprint density at radius 3 is 1.95 bits per heavy atom. The van der Waals surface area contributed by atoms with Crippen LogP contribution in [0.2, 0.25) is 0 Å². The van der Waals surface area contributed by atoms with E-state index in [2.05, 4.69) is 0 Å². The maximum absolute atomic E-state index is 10.7. The number of carboxylic acid groups (broad SMARTS) is 2. The van der Waals surface area contributed by atoms with E-state index in [0.717, 1.165) is 5.75 Å². The van der Waals surface area contributed by atoms with Gasteiger partial charge in [0.05, 0.1) is 0 Å². The minimum atomic E-state index is -1.10. The third kappa shape index (κ3) is 13.6. The molecule has 0 fully saturated rings. The first kappa shape index (κ1) is 20.7. The lowest BCUT2D eigenvalue weighted by Crippen LogP contribution is -2.35. The first-order valence-corrected chi connectivity index (χ1v) is 8.29. The van der Waals surface area contributed by atoms with Crippen LogP contribution in [0.5, 0.6) is 0 Å². The maximum atomic E-state index is 10.7. The fourth-order valence-corrected chi connectivity index (χ4v) is 2.12. The first-order valence-electron chi connectivity index (χ1n) is 5.65. The Morgan fingerprint density at radius 1 is 1.16 bits per heavy atom. The molecular formula is C10H22N2O5S2. The molecule has 0 radical (unpaired) electrons. The molecule has 0 bridgehead atoms. The molecule has 0 aromatic rings. The van der Waals surface area contributed by atoms with Crippen molar-refractivity contribution in [2.75, 3.05) is 23.0 Å². The third-order valence-electron chi connectivity index (χ3n) is 1.82. The summed E-state index contributed by atoms with van der Waals surface area (Å²) >= 11 is 1.54. The third-order valence-corrected chi connectivity index (χ3v) is 4.20. The molecule has 7 nitrogen and oxygen atoms in total. The molecule has 0 spiro atoms. The lowest BCUT2D eigenvalue weighted by atomic mass is 10.4. The maximum Gasteiger partial charge on any atom is 0.321 e. The van der Waals surface area contributed by atoms with Gasteiger partial charge in [0.25, 0.3) is 0 Å². The van der Waals surface area contributed by atoms with E-state index < -0.39 is 34.8 Å². The SMILES string of the molecule is CCS(=O)C[C@H](N)C(=O)O.CCSC[C@H](N)C(=O)O. The van der Waals surface area contributed by atoms with Crippen molar-refractivity contribution in [3.8, 4) is 0 Å². The Hall–Kier alpha value is -0.640. The van der Waals surface area contributed by atoms with Crippen LogP contribution in [0.4, 0.5) is 0 Å². The molecule has 1 unspecified atom stereocenters. The van der Waals surface area contributed by atoms with Gasteiger partial charge in [-0.2, -0.15) is 11.8 Å². The van der Waals surface area contributed by atoms with Gasteiger partial charge >= 0.3 is 11.9 Å². The minimum absolute atomic E-state index is 0.0475. The summed E-state index contributed by atoms with van der Waals surface area (Å²) in [6.45, 7) is 3.70. The summed E-state index contributed by atoms with van der Waals surface area (Å²) in [7, 11) is -1.08. The predicted octanol–water partition coefficient (Wildman–Crippen LogP) is -0.682. The van der Waals surface area contributed by atoms with E-state index in [1.165, 1.54) is 11.8 Å². The number of carbonyl (C=O) groups is 2. The second-order valence-corrected chi connectivity index (χ2v) is 6.55. The zero-order chi connectivity index (χ0) is 15.4. The molecule has 6 N–H and O–H groups in total. The van der Waals surface area contributed by atoms with E-state index in [0.29, 0.717) is 11.5 Å². The Kier molecular flexibility index (Phi) is 13.5. The predicted molar refractivity (Wildman–Crippen MR) is 77.8 cm³/mol. The zero-order valence-corrected chi connectivity index (χ0v) is 12.7. The highest BCUT2D eigenvalue weighted by molar-refractivity contribution is 7.99. The first-order chi connectivity index (χ1) is 8.76. The molecule has 0 aliphatic rings. The highest BCUT2D eigenvalue weighted by Gasteiger charge is 2.13. The van der Waals surface area contributed by atoms with E-state index in [4.69, 9.17) is 21.7 Å². The van der Waals surface area contributed by atoms with Crippen molar-refractivity contribution in [1.82, 2.24) is 0 Å². The fourth-order valence-electron chi connectivity index (χ4n) is 0.706. The normalized spacial score (nSPS) is 14.7. The average molecular weight is 314 g/mol. The standard InChI is InChI=1S/C5H11NO3S.C5H11NO2S/c1-2-10(9)3-4(6)5(7)8;1-2-9-3-4(6)5(7)8/h4H,2-3,6H2,1H3,(H,7,8);4H,2-3,6H2,1H3,(H,7,8)/t4-,10?;4-/m00/s1. The molecule has 0 saturated carbocycles. The van der Waals surface area contributed by atoms with Crippen molar-refractivity contribution in [3.05, 3.63) is 0 Å². The Morgan fingerprint density at radius 2 is 1.63 bits per heavy atom. The molecule has 0 rings (SSSR count). The van der Waals surface area contributed by atoms with Crippen molar-refractivity contribution in [3.63, 3.8) is 0 Å². The number of carboxylic acids is 2. The van der Waals surface area contributed by atoms with Crippen molar-refractivity contribution < 1.29 is 24.0 Å². The largest absolute Gasteiger partial charge is 0.480 e. The van der Waals surface area contributed by atoms with Gasteiger partial charge in [-0.05, 0) is 5.75 Å². The van der Waals surface area contributed by atoms with Gasteiger partial charge in [0.2, 0.25) is 0 Å². The Balaban J connectivity index is 0. The quantitative estimate of drug-likeness (QED) is 0.461. The van der Waals surface area contributed by atoms with Crippen LogP contribution in [0.1, 0.15) is 13.8 Å². The number of nitrogens with two attached hydrogens (primary N) is 2. The van der Waals surface area contributed by atoms with E-state index in [-0.39, 0.29) is 5.75 Å². The van der Waals surface area contributed by atoms with Crippen LogP contribution in [-0.4, -0.2) is 61.5 Å². The van der Waals surface area contributed by atoms with Gasteiger partial charge in [0.15, 0.2) is 0 Å². The number of hydrogen-bond donors (Lipinski definition) is 4. The van der Waals surface area contributed by atoms with Crippen molar-refractivity contribution in [1.29, 1.82) is 0 Å². The summed E-state index contributed by atoms with van der Waals surface area (Å²) in [5.41, 5.74) is 10.3. The molecule has 0 aliphatic heterocycles. The number of thioether (sulfide) groups is 1. The molecule has 0 heterocycles. The highest BCUT2D eigenvalue weighted by atomic mass is 32.2.